The lowest BCUT2D eigenvalue weighted by Crippen LogP contribution is -2.65. The first-order valence-electron chi connectivity index (χ1n) is 11.3. The van der Waals surface area contributed by atoms with E-state index >= 15 is 0 Å². The van der Waals surface area contributed by atoms with E-state index in [2.05, 4.69) is 15.1 Å². The van der Waals surface area contributed by atoms with Gasteiger partial charge in [0.05, 0.1) is 25.4 Å². The number of likely N-dealkylation sites (tertiary alicyclic amines) is 2. The summed E-state index contributed by atoms with van der Waals surface area (Å²) in [6, 6.07) is 10.2. The van der Waals surface area contributed by atoms with Crippen molar-refractivity contribution >= 4 is 11.6 Å². The standard InChI is InChI=1S/C23H33N3O3/c27-22(24-18-7-2-1-3-8-18)21(20-9-4-14-29-20)26-13-6-11-23(26)10-5-12-25(17-23)19-15-28-16-19/h1-3,7-8,19-21H,4-6,9-17H2,(H,24,27)/t20?,21?,23-/m0/s1. The molecule has 4 fully saturated rings. The summed E-state index contributed by atoms with van der Waals surface area (Å²) in [5, 5.41) is 3.18. The van der Waals surface area contributed by atoms with Crippen LogP contribution in [-0.4, -0.2) is 78.9 Å². The molecular formula is C23H33N3O3. The molecule has 6 nitrogen and oxygen atoms in total. The molecule has 4 aliphatic rings. The number of hydrogen-bond donors (Lipinski definition) is 1. The normalized spacial score (nSPS) is 32.3. The van der Waals surface area contributed by atoms with Crippen LogP contribution in [0.15, 0.2) is 30.3 Å². The number of hydrogen-bond acceptors (Lipinski definition) is 5. The van der Waals surface area contributed by atoms with Gasteiger partial charge in [-0.3, -0.25) is 14.6 Å². The molecule has 0 aromatic heterocycles. The maximum atomic E-state index is 13.5. The molecule has 1 aromatic carbocycles. The van der Waals surface area contributed by atoms with Gasteiger partial charge >= 0.3 is 0 Å². The van der Waals surface area contributed by atoms with E-state index in [9.17, 15) is 4.79 Å². The zero-order valence-corrected chi connectivity index (χ0v) is 17.2. The number of nitrogens with one attached hydrogen (secondary N) is 1. The molecule has 6 heteroatoms. The number of rotatable bonds is 5. The lowest BCUT2D eigenvalue weighted by Gasteiger charge is -2.52. The van der Waals surface area contributed by atoms with Gasteiger partial charge in [0.25, 0.3) is 0 Å². The Morgan fingerprint density at radius 1 is 1.10 bits per heavy atom. The van der Waals surface area contributed by atoms with E-state index in [1.165, 1.54) is 19.3 Å². The van der Waals surface area contributed by atoms with Gasteiger partial charge in [-0.25, -0.2) is 0 Å². The number of amides is 1. The highest BCUT2D eigenvalue weighted by atomic mass is 16.5. The molecule has 0 aliphatic carbocycles. The number of para-hydroxylation sites is 1. The molecule has 1 aromatic rings. The van der Waals surface area contributed by atoms with Gasteiger partial charge in [0, 0.05) is 24.4 Å². The zero-order valence-electron chi connectivity index (χ0n) is 17.2. The van der Waals surface area contributed by atoms with E-state index in [1.807, 2.05) is 30.3 Å². The number of benzene rings is 1. The van der Waals surface area contributed by atoms with Gasteiger partial charge in [0.2, 0.25) is 5.91 Å². The molecule has 4 saturated heterocycles. The smallest absolute Gasteiger partial charge is 0.244 e. The number of piperidine rings is 1. The predicted molar refractivity (Wildman–Crippen MR) is 112 cm³/mol. The molecule has 1 N–H and O–H groups in total. The van der Waals surface area contributed by atoms with Crippen LogP contribution in [0.5, 0.6) is 0 Å². The molecule has 0 saturated carbocycles. The van der Waals surface area contributed by atoms with Crippen molar-refractivity contribution in [3.05, 3.63) is 30.3 Å². The van der Waals surface area contributed by atoms with Gasteiger partial charge in [0.15, 0.2) is 0 Å². The third kappa shape index (κ3) is 3.83. The Morgan fingerprint density at radius 2 is 1.90 bits per heavy atom. The zero-order chi connectivity index (χ0) is 19.7. The molecule has 4 aliphatic heterocycles. The Bertz CT molecular complexity index is 705. The quantitative estimate of drug-likeness (QED) is 0.825. The van der Waals surface area contributed by atoms with Crippen molar-refractivity contribution in [2.24, 2.45) is 0 Å². The van der Waals surface area contributed by atoms with Crippen LogP contribution in [-0.2, 0) is 14.3 Å². The summed E-state index contributed by atoms with van der Waals surface area (Å²) in [5.74, 6) is 0.0912. The number of anilines is 1. The van der Waals surface area contributed by atoms with E-state index in [0.717, 1.165) is 64.4 Å². The Kier molecular flexibility index (Phi) is 5.61. The third-order valence-corrected chi connectivity index (χ3v) is 7.33. The van der Waals surface area contributed by atoms with Crippen molar-refractivity contribution in [2.75, 3.05) is 44.8 Å². The molecule has 2 unspecified atom stereocenters. The molecule has 158 valence electrons. The summed E-state index contributed by atoms with van der Waals surface area (Å²) in [6.07, 6.45) is 6.74. The van der Waals surface area contributed by atoms with E-state index in [0.29, 0.717) is 6.04 Å². The minimum absolute atomic E-state index is 0.00361. The first-order valence-corrected chi connectivity index (χ1v) is 11.3. The Hall–Kier alpha value is -1.47. The lowest BCUT2D eigenvalue weighted by molar-refractivity contribution is -0.134. The van der Waals surface area contributed by atoms with E-state index in [-0.39, 0.29) is 23.6 Å². The number of carbonyl (C=O) groups is 1. The fraction of sp³-hybridized carbons (Fsp3) is 0.696. The first-order chi connectivity index (χ1) is 14.3. The summed E-state index contributed by atoms with van der Waals surface area (Å²) in [6.45, 7) is 5.70. The molecule has 0 bridgehead atoms. The fourth-order valence-corrected chi connectivity index (χ4v) is 5.83. The second-order valence-corrected chi connectivity index (χ2v) is 9.14. The van der Waals surface area contributed by atoms with Crippen molar-refractivity contribution in [3.8, 4) is 0 Å². The van der Waals surface area contributed by atoms with Crippen molar-refractivity contribution < 1.29 is 14.3 Å². The number of nitrogens with zero attached hydrogens (tertiary/aromatic N) is 2. The molecule has 4 heterocycles. The Morgan fingerprint density at radius 3 is 2.59 bits per heavy atom. The van der Waals surface area contributed by atoms with E-state index < -0.39 is 0 Å². The van der Waals surface area contributed by atoms with Crippen LogP contribution in [0.25, 0.3) is 0 Å². The van der Waals surface area contributed by atoms with Gasteiger partial charge in [0.1, 0.15) is 6.04 Å². The molecule has 1 spiro atoms. The Labute approximate surface area is 173 Å². The van der Waals surface area contributed by atoms with Crippen LogP contribution < -0.4 is 5.32 Å². The van der Waals surface area contributed by atoms with Gasteiger partial charge in [-0.1, -0.05) is 18.2 Å². The minimum atomic E-state index is -0.210. The van der Waals surface area contributed by atoms with Crippen molar-refractivity contribution in [1.29, 1.82) is 0 Å². The van der Waals surface area contributed by atoms with Crippen LogP contribution in [0.4, 0.5) is 5.69 Å². The maximum absolute atomic E-state index is 13.5. The highest BCUT2D eigenvalue weighted by Crippen LogP contribution is 2.41. The maximum Gasteiger partial charge on any atom is 0.244 e. The van der Waals surface area contributed by atoms with Gasteiger partial charge in [-0.05, 0) is 63.7 Å². The summed E-state index contributed by atoms with van der Waals surface area (Å²) >= 11 is 0. The minimum Gasteiger partial charge on any atom is -0.378 e. The van der Waals surface area contributed by atoms with Gasteiger partial charge in [-0.2, -0.15) is 0 Å². The van der Waals surface area contributed by atoms with Gasteiger partial charge < -0.3 is 14.8 Å². The van der Waals surface area contributed by atoms with Crippen LogP contribution in [0, 0.1) is 0 Å². The Balaban J connectivity index is 1.39. The second kappa shape index (κ2) is 8.34. The van der Waals surface area contributed by atoms with Crippen LogP contribution in [0.3, 0.4) is 0 Å². The number of ether oxygens (including phenoxy) is 2. The SMILES string of the molecule is O=C(Nc1ccccc1)C(C1CCCO1)N1CCC[C@]12CCCN(C1COC1)C2. The predicted octanol–water partition coefficient (Wildman–Crippen LogP) is 2.50. The summed E-state index contributed by atoms with van der Waals surface area (Å²) in [7, 11) is 0. The fourth-order valence-electron chi connectivity index (χ4n) is 5.83. The summed E-state index contributed by atoms with van der Waals surface area (Å²) in [5.41, 5.74) is 0.962. The molecule has 3 atom stereocenters. The molecule has 29 heavy (non-hydrogen) atoms. The largest absolute Gasteiger partial charge is 0.378 e. The lowest BCUT2D eigenvalue weighted by atomic mass is 9.84. The molecule has 0 radical (unpaired) electrons. The highest BCUT2D eigenvalue weighted by molar-refractivity contribution is 5.95. The highest BCUT2D eigenvalue weighted by Gasteiger charge is 2.51. The van der Waals surface area contributed by atoms with Crippen LogP contribution in [0.1, 0.15) is 38.5 Å². The third-order valence-electron chi connectivity index (χ3n) is 7.33. The van der Waals surface area contributed by atoms with Crippen molar-refractivity contribution in [2.45, 2.75) is 62.3 Å². The van der Waals surface area contributed by atoms with E-state index in [1.54, 1.807) is 0 Å². The second-order valence-electron chi connectivity index (χ2n) is 9.14. The van der Waals surface area contributed by atoms with E-state index in [4.69, 9.17) is 9.47 Å². The molecule has 5 rings (SSSR count). The monoisotopic (exact) mass is 399 g/mol. The van der Waals surface area contributed by atoms with Crippen LogP contribution >= 0.6 is 0 Å². The van der Waals surface area contributed by atoms with Crippen molar-refractivity contribution in [3.63, 3.8) is 0 Å². The average Bonchev–Trinajstić information content (AvgIpc) is 3.33. The summed E-state index contributed by atoms with van der Waals surface area (Å²) in [4.78, 5) is 18.7. The average molecular weight is 400 g/mol. The van der Waals surface area contributed by atoms with Gasteiger partial charge in [-0.15, -0.1) is 0 Å². The topological polar surface area (TPSA) is 54.0 Å². The van der Waals surface area contributed by atoms with Crippen LogP contribution in [0.2, 0.25) is 0 Å². The van der Waals surface area contributed by atoms with Crippen molar-refractivity contribution in [1.82, 2.24) is 9.80 Å². The molecule has 1 amide bonds. The first kappa shape index (κ1) is 19.5. The molecular weight excluding hydrogens is 366 g/mol. The number of carbonyl (C=O) groups excluding carboxylic acids is 1. The summed E-state index contributed by atoms with van der Waals surface area (Å²) < 4.78 is 11.6.